The number of aryl methyl sites for hydroxylation is 1. The summed E-state index contributed by atoms with van der Waals surface area (Å²) in [5.74, 6) is -0.864. The molecule has 20 heavy (non-hydrogen) atoms. The van der Waals surface area contributed by atoms with Crippen molar-refractivity contribution in [2.24, 2.45) is 0 Å². The van der Waals surface area contributed by atoms with Crippen LogP contribution in [-0.2, 0) is 6.54 Å². The molecule has 2 rings (SSSR count). The molecule has 0 atom stereocenters. The minimum Gasteiger partial charge on any atom is -0.506 e. The van der Waals surface area contributed by atoms with E-state index in [4.69, 9.17) is 0 Å². The van der Waals surface area contributed by atoms with Gasteiger partial charge in [-0.05, 0) is 31.2 Å². The highest BCUT2D eigenvalue weighted by Gasteiger charge is 2.14. The molecule has 0 saturated carbocycles. The smallest absolute Gasteiger partial charge is 0.306 e. The molecule has 1 aromatic carbocycles. The first-order chi connectivity index (χ1) is 9.47. The highest BCUT2D eigenvalue weighted by atomic mass is 19.1. The molecule has 6 nitrogen and oxygen atoms in total. The predicted molar refractivity (Wildman–Crippen MR) is 71.0 cm³/mol. The lowest BCUT2D eigenvalue weighted by atomic mass is 10.2. The molecule has 0 aliphatic heterocycles. The Bertz CT molecular complexity index is 661. The average Bonchev–Trinajstić information content (AvgIpc) is 2.41. The third-order valence-electron chi connectivity index (χ3n) is 2.69. The fourth-order valence-corrected chi connectivity index (χ4v) is 1.68. The van der Waals surface area contributed by atoms with Crippen LogP contribution in [0, 0.1) is 22.9 Å². The van der Waals surface area contributed by atoms with Gasteiger partial charge in [0.05, 0.1) is 11.5 Å². The summed E-state index contributed by atoms with van der Waals surface area (Å²) in [5, 5.41) is 23.1. The van der Waals surface area contributed by atoms with Crippen molar-refractivity contribution in [2.75, 3.05) is 5.32 Å². The van der Waals surface area contributed by atoms with Crippen molar-refractivity contribution in [3.8, 4) is 5.75 Å². The van der Waals surface area contributed by atoms with Crippen LogP contribution in [0.1, 0.15) is 11.4 Å². The Morgan fingerprint density at radius 1 is 1.40 bits per heavy atom. The maximum atomic E-state index is 13.2. The number of nitrogens with one attached hydrogen (secondary N) is 1. The number of rotatable bonds is 4. The second-order valence-corrected chi connectivity index (χ2v) is 4.20. The third-order valence-corrected chi connectivity index (χ3v) is 2.69. The summed E-state index contributed by atoms with van der Waals surface area (Å²) in [6, 6.07) is 6.69. The van der Waals surface area contributed by atoms with Gasteiger partial charge in [0.15, 0.2) is 0 Å². The number of hydrogen-bond donors (Lipinski definition) is 2. The van der Waals surface area contributed by atoms with E-state index < -0.39 is 16.4 Å². The summed E-state index contributed by atoms with van der Waals surface area (Å²) in [7, 11) is 0. The number of aromatic nitrogens is 1. The molecule has 2 aromatic rings. The Balaban J connectivity index is 2.17. The quantitative estimate of drug-likeness (QED) is 0.662. The summed E-state index contributed by atoms with van der Waals surface area (Å²) in [4.78, 5) is 14.0. The molecule has 0 fully saturated rings. The van der Waals surface area contributed by atoms with E-state index >= 15 is 0 Å². The van der Waals surface area contributed by atoms with Gasteiger partial charge in [0.2, 0.25) is 5.82 Å². The molecule has 1 aromatic heterocycles. The average molecular weight is 277 g/mol. The minimum atomic E-state index is -0.892. The third kappa shape index (κ3) is 3.00. The number of nitro benzene ring substituents is 1. The van der Waals surface area contributed by atoms with E-state index in [0.717, 1.165) is 17.8 Å². The molecule has 0 radical (unpaired) electrons. The molecular formula is C13H12FN3O3. The minimum absolute atomic E-state index is 0.0275. The Kier molecular flexibility index (Phi) is 3.79. The van der Waals surface area contributed by atoms with Crippen LogP contribution >= 0.6 is 0 Å². The van der Waals surface area contributed by atoms with Gasteiger partial charge < -0.3 is 10.4 Å². The Morgan fingerprint density at radius 2 is 2.15 bits per heavy atom. The fraction of sp³-hybridized carbons (Fsp3) is 0.154. The van der Waals surface area contributed by atoms with E-state index in [1.807, 2.05) is 0 Å². The zero-order valence-electron chi connectivity index (χ0n) is 10.6. The maximum absolute atomic E-state index is 13.2. The molecule has 104 valence electrons. The largest absolute Gasteiger partial charge is 0.506 e. The second-order valence-electron chi connectivity index (χ2n) is 4.20. The number of nitrogens with zero attached hydrogens (tertiary/aromatic N) is 2. The van der Waals surface area contributed by atoms with E-state index in [2.05, 4.69) is 10.3 Å². The Morgan fingerprint density at radius 3 is 2.85 bits per heavy atom. The van der Waals surface area contributed by atoms with Crippen molar-refractivity contribution in [1.82, 2.24) is 4.98 Å². The highest BCUT2D eigenvalue weighted by molar-refractivity contribution is 5.52. The van der Waals surface area contributed by atoms with Crippen molar-refractivity contribution in [2.45, 2.75) is 13.5 Å². The van der Waals surface area contributed by atoms with Crippen molar-refractivity contribution < 1.29 is 14.4 Å². The van der Waals surface area contributed by atoms with Crippen LogP contribution in [0.4, 0.5) is 15.8 Å². The molecule has 0 aliphatic rings. The van der Waals surface area contributed by atoms with E-state index in [-0.39, 0.29) is 12.3 Å². The number of nitro groups is 1. The predicted octanol–water partition coefficient (Wildman–Crippen LogP) is 2.76. The van der Waals surface area contributed by atoms with Crippen LogP contribution in [0.3, 0.4) is 0 Å². The van der Waals surface area contributed by atoms with E-state index in [9.17, 15) is 19.6 Å². The van der Waals surface area contributed by atoms with E-state index in [0.29, 0.717) is 11.4 Å². The normalized spacial score (nSPS) is 10.3. The topological polar surface area (TPSA) is 88.3 Å². The fourth-order valence-electron chi connectivity index (χ4n) is 1.68. The van der Waals surface area contributed by atoms with Crippen molar-refractivity contribution >= 4 is 11.4 Å². The van der Waals surface area contributed by atoms with Gasteiger partial charge in [-0.2, -0.15) is 4.39 Å². The summed E-state index contributed by atoms with van der Waals surface area (Å²) < 4.78 is 13.2. The molecule has 2 N–H and O–H groups in total. The van der Waals surface area contributed by atoms with Gasteiger partial charge in [0.1, 0.15) is 11.4 Å². The molecule has 0 saturated heterocycles. The first-order valence-corrected chi connectivity index (χ1v) is 5.80. The Hall–Kier alpha value is -2.70. The monoisotopic (exact) mass is 277 g/mol. The lowest BCUT2D eigenvalue weighted by Crippen LogP contribution is -2.03. The van der Waals surface area contributed by atoms with Crippen molar-refractivity contribution in [3.63, 3.8) is 0 Å². The van der Waals surface area contributed by atoms with Crippen LogP contribution in [0.25, 0.3) is 0 Å². The van der Waals surface area contributed by atoms with Crippen LogP contribution in [0.5, 0.6) is 5.75 Å². The molecule has 0 spiro atoms. The molecule has 7 heteroatoms. The van der Waals surface area contributed by atoms with Crippen LogP contribution in [0.15, 0.2) is 30.3 Å². The zero-order chi connectivity index (χ0) is 14.7. The summed E-state index contributed by atoms with van der Waals surface area (Å²) in [6.45, 7) is 1.96. The maximum Gasteiger partial charge on any atom is 0.306 e. The highest BCUT2D eigenvalue weighted by Crippen LogP contribution is 2.23. The second kappa shape index (κ2) is 5.52. The van der Waals surface area contributed by atoms with E-state index in [1.165, 1.54) is 12.1 Å². The van der Waals surface area contributed by atoms with Crippen molar-refractivity contribution in [3.05, 3.63) is 57.7 Å². The first kappa shape index (κ1) is 13.7. The molecule has 0 aliphatic carbocycles. The number of aromatic hydroxyl groups is 1. The lowest BCUT2D eigenvalue weighted by Gasteiger charge is -2.08. The standard InChI is InChI=1S/C13H12FN3O3/c1-8-2-5-13(18)11(16-8)7-15-9-3-4-10(14)12(6-9)17(19)20/h2-6,15,18H,7H2,1H3. The summed E-state index contributed by atoms with van der Waals surface area (Å²) in [6.07, 6.45) is 0. The van der Waals surface area contributed by atoms with Gasteiger partial charge in [-0.15, -0.1) is 0 Å². The van der Waals surface area contributed by atoms with Gasteiger partial charge in [-0.25, -0.2) is 0 Å². The summed E-state index contributed by atoms with van der Waals surface area (Å²) in [5.41, 5.74) is 0.930. The number of halogens is 1. The van der Waals surface area contributed by atoms with Crippen molar-refractivity contribution in [1.29, 1.82) is 0 Å². The molecule has 0 amide bonds. The molecule has 0 bridgehead atoms. The molecule has 1 heterocycles. The van der Waals surface area contributed by atoms with Gasteiger partial charge in [-0.3, -0.25) is 15.1 Å². The number of anilines is 1. The number of benzene rings is 1. The molecule has 0 unspecified atom stereocenters. The molecular weight excluding hydrogens is 265 g/mol. The van der Waals surface area contributed by atoms with Gasteiger partial charge in [0, 0.05) is 17.4 Å². The Labute approximate surface area is 114 Å². The van der Waals surface area contributed by atoms with Crippen LogP contribution in [-0.4, -0.2) is 15.0 Å². The van der Waals surface area contributed by atoms with E-state index in [1.54, 1.807) is 13.0 Å². The van der Waals surface area contributed by atoms with Gasteiger partial charge >= 0.3 is 5.69 Å². The van der Waals surface area contributed by atoms with Gasteiger partial charge in [0.25, 0.3) is 0 Å². The van der Waals surface area contributed by atoms with Crippen LogP contribution in [0.2, 0.25) is 0 Å². The summed E-state index contributed by atoms with van der Waals surface area (Å²) >= 11 is 0. The van der Waals surface area contributed by atoms with Crippen LogP contribution < -0.4 is 5.32 Å². The first-order valence-electron chi connectivity index (χ1n) is 5.80. The SMILES string of the molecule is Cc1ccc(O)c(CNc2ccc(F)c([N+](=O)[O-])c2)n1. The number of hydrogen-bond acceptors (Lipinski definition) is 5. The number of pyridine rings is 1. The zero-order valence-corrected chi connectivity index (χ0v) is 10.6. The van der Waals surface area contributed by atoms with Gasteiger partial charge in [-0.1, -0.05) is 0 Å². The lowest BCUT2D eigenvalue weighted by molar-refractivity contribution is -0.387.